The van der Waals surface area contributed by atoms with Crippen molar-refractivity contribution in [2.24, 2.45) is 0 Å². The van der Waals surface area contributed by atoms with Crippen LogP contribution >= 0.6 is 11.8 Å². The van der Waals surface area contributed by atoms with E-state index in [0.717, 1.165) is 18.2 Å². The van der Waals surface area contributed by atoms with Crippen LogP contribution in [0.1, 0.15) is 17.3 Å². The summed E-state index contributed by atoms with van der Waals surface area (Å²) < 4.78 is 56.0. The Balaban J connectivity index is 1.97. The quantitative estimate of drug-likeness (QED) is 0.452. The Morgan fingerprint density at radius 2 is 1.73 bits per heavy atom. The van der Waals surface area contributed by atoms with Crippen molar-refractivity contribution in [2.45, 2.75) is 23.7 Å². The summed E-state index contributed by atoms with van der Waals surface area (Å²) in [7, 11) is 0. The lowest BCUT2D eigenvalue weighted by atomic mass is 10.2. The summed E-state index contributed by atoms with van der Waals surface area (Å²) in [5.41, 5.74) is -0.327. The first-order valence-electron chi connectivity index (χ1n) is 7.28. The van der Waals surface area contributed by atoms with Crippen molar-refractivity contribution in [3.05, 3.63) is 59.7 Å². The molecule has 0 aliphatic rings. The van der Waals surface area contributed by atoms with Crippen molar-refractivity contribution in [3.8, 4) is 0 Å². The summed E-state index contributed by atoms with van der Waals surface area (Å²) in [5, 5.41) is 2.12. The third-order valence-corrected chi connectivity index (χ3v) is 3.88. The normalized spacial score (nSPS) is 11.9. The van der Waals surface area contributed by atoms with Crippen molar-refractivity contribution < 1.29 is 31.9 Å². The van der Waals surface area contributed by atoms with Crippen LogP contribution < -0.4 is 5.32 Å². The van der Waals surface area contributed by atoms with E-state index in [4.69, 9.17) is 4.74 Å². The fourth-order valence-electron chi connectivity index (χ4n) is 1.88. The van der Waals surface area contributed by atoms with E-state index in [-0.39, 0.29) is 16.1 Å². The van der Waals surface area contributed by atoms with E-state index in [2.05, 4.69) is 5.32 Å². The van der Waals surface area contributed by atoms with Crippen LogP contribution in [-0.2, 0) is 9.53 Å². The molecule has 2 aromatic rings. The zero-order valence-electron chi connectivity index (χ0n) is 13.3. The Hall–Kier alpha value is -2.55. The number of carbonyl (C=O) groups excluding carboxylic acids is 2. The average Bonchev–Trinajstić information content (AvgIpc) is 2.58. The largest absolute Gasteiger partial charge is 0.449 e. The van der Waals surface area contributed by atoms with Crippen LogP contribution in [0.3, 0.4) is 0 Å². The zero-order chi connectivity index (χ0) is 19.3. The molecule has 0 heterocycles. The number of amides is 1. The second-order valence-electron chi connectivity index (χ2n) is 5.06. The van der Waals surface area contributed by atoms with Crippen molar-refractivity contribution >= 4 is 29.3 Å². The maximum atomic E-state index is 13.5. The van der Waals surface area contributed by atoms with Gasteiger partial charge in [0, 0.05) is 11.0 Å². The van der Waals surface area contributed by atoms with E-state index < -0.39 is 35.4 Å². The zero-order valence-corrected chi connectivity index (χ0v) is 14.2. The highest BCUT2D eigenvalue weighted by molar-refractivity contribution is 7.99. The molecular weight excluding hydrogens is 374 g/mol. The predicted molar refractivity (Wildman–Crippen MR) is 88.2 cm³/mol. The molecule has 1 unspecified atom stereocenters. The molecule has 1 atom stereocenters. The summed E-state index contributed by atoms with van der Waals surface area (Å²) >= 11 is 0.326. The number of benzene rings is 2. The highest BCUT2D eigenvalue weighted by Gasteiger charge is 2.20. The smallest absolute Gasteiger partial charge is 0.338 e. The number of alkyl halides is 2. The Kier molecular flexibility index (Phi) is 6.62. The SMILES string of the molecule is CC(OC(=O)c1ccc(SC(F)F)cc1)C(=O)Nc1cc(F)ccc1F. The van der Waals surface area contributed by atoms with E-state index in [0.29, 0.717) is 11.8 Å². The van der Waals surface area contributed by atoms with Gasteiger partial charge in [0.2, 0.25) is 0 Å². The molecule has 9 heteroatoms. The van der Waals surface area contributed by atoms with Crippen LogP contribution in [0.15, 0.2) is 47.4 Å². The molecule has 26 heavy (non-hydrogen) atoms. The van der Waals surface area contributed by atoms with Crippen molar-refractivity contribution in [1.29, 1.82) is 0 Å². The van der Waals surface area contributed by atoms with Gasteiger partial charge in [0.25, 0.3) is 11.7 Å². The summed E-state index contributed by atoms with van der Waals surface area (Å²) in [6, 6.07) is 7.74. The number of ether oxygens (including phenoxy) is 1. The molecule has 0 fully saturated rings. The van der Waals surface area contributed by atoms with Gasteiger partial charge in [0.05, 0.1) is 11.3 Å². The molecule has 138 valence electrons. The van der Waals surface area contributed by atoms with Gasteiger partial charge in [0.15, 0.2) is 6.10 Å². The first-order valence-corrected chi connectivity index (χ1v) is 8.16. The minimum absolute atomic E-state index is 0.0557. The third kappa shape index (κ3) is 5.48. The lowest BCUT2D eigenvalue weighted by molar-refractivity contribution is -0.123. The second kappa shape index (κ2) is 8.70. The van der Waals surface area contributed by atoms with Crippen LogP contribution in [0.2, 0.25) is 0 Å². The van der Waals surface area contributed by atoms with Crippen LogP contribution in [0.5, 0.6) is 0 Å². The highest BCUT2D eigenvalue weighted by Crippen LogP contribution is 2.25. The van der Waals surface area contributed by atoms with E-state index >= 15 is 0 Å². The lowest BCUT2D eigenvalue weighted by Gasteiger charge is -2.14. The van der Waals surface area contributed by atoms with Gasteiger partial charge in [-0.15, -0.1) is 0 Å². The molecule has 4 nitrogen and oxygen atoms in total. The van der Waals surface area contributed by atoms with E-state index in [1.807, 2.05) is 0 Å². The first-order chi connectivity index (χ1) is 12.3. The maximum Gasteiger partial charge on any atom is 0.338 e. The Bertz CT molecular complexity index is 799. The minimum atomic E-state index is -2.58. The summed E-state index contributed by atoms with van der Waals surface area (Å²) in [5.74, 6) is -5.88. The summed E-state index contributed by atoms with van der Waals surface area (Å²) in [6.07, 6.45) is -1.29. The molecule has 2 aromatic carbocycles. The van der Waals surface area contributed by atoms with Crippen LogP contribution in [0.25, 0.3) is 0 Å². The molecule has 1 N–H and O–H groups in total. The molecule has 0 spiro atoms. The summed E-state index contributed by atoms with van der Waals surface area (Å²) in [6.45, 7) is 1.26. The first kappa shape index (κ1) is 19.8. The number of rotatable bonds is 6. The van der Waals surface area contributed by atoms with Gasteiger partial charge in [-0.2, -0.15) is 8.78 Å². The Morgan fingerprint density at radius 3 is 2.35 bits per heavy atom. The lowest BCUT2D eigenvalue weighted by Crippen LogP contribution is -2.30. The van der Waals surface area contributed by atoms with Crippen molar-refractivity contribution in [1.82, 2.24) is 0 Å². The standard InChI is InChI=1S/C17H13F4NO3S/c1-9(15(23)22-14-8-11(18)4-7-13(14)19)25-16(24)10-2-5-12(6-3-10)26-17(20)21/h2-9,17H,1H3,(H,22,23). The second-order valence-corrected chi connectivity index (χ2v) is 6.13. The molecule has 0 aliphatic carbocycles. The van der Waals surface area contributed by atoms with Gasteiger partial charge in [0.1, 0.15) is 11.6 Å². The van der Waals surface area contributed by atoms with E-state index in [1.54, 1.807) is 0 Å². The number of hydrogen-bond acceptors (Lipinski definition) is 4. The van der Waals surface area contributed by atoms with Gasteiger partial charge >= 0.3 is 5.97 Å². The molecule has 0 aromatic heterocycles. The monoisotopic (exact) mass is 387 g/mol. The van der Waals surface area contributed by atoms with E-state index in [9.17, 15) is 27.2 Å². The van der Waals surface area contributed by atoms with Gasteiger partial charge in [-0.3, -0.25) is 4.79 Å². The molecule has 0 saturated carbocycles. The summed E-state index contributed by atoms with van der Waals surface area (Å²) in [4.78, 5) is 24.2. The topological polar surface area (TPSA) is 55.4 Å². The number of thioether (sulfide) groups is 1. The molecule has 2 rings (SSSR count). The highest BCUT2D eigenvalue weighted by atomic mass is 32.2. The third-order valence-electron chi connectivity index (χ3n) is 3.15. The molecule has 1 amide bonds. The fraction of sp³-hybridized carbons (Fsp3) is 0.176. The van der Waals surface area contributed by atoms with Crippen LogP contribution in [0, 0.1) is 11.6 Å². The number of anilines is 1. The molecule has 0 aliphatic heterocycles. The fourth-order valence-corrected chi connectivity index (χ4v) is 2.38. The molecule has 0 saturated heterocycles. The van der Waals surface area contributed by atoms with Crippen molar-refractivity contribution in [3.63, 3.8) is 0 Å². The number of carbonyl (C=O) groups is 2. The predicted octanol–water partition coefficient (Wildman–Crippen LogP) is 4.46. The molecule has 0 radical (unpaired) electrons. The van der Waals surface area contributed by atoms with Gasteiger partial charge in [-0.1, -0.05) is 11.8 Å². The number of hydrogen-bond donors (Lipinski definition) is 1. The average molecular weight is 387 g/mol. The van der Waals surface area contributed by atoms with Crippen LogP contribution in [-0.4, -0.2) is 23.7 Å². The maximum absolute atomic E-state index is 13.5. The number of nitrogens with one attached hydrogen (secondary N) is 1. The van der Waals surface area contributed by atoms with E-state index in [1.165, 1.54) is 31.2 Å². The minimum Gasteiger partial charge on any atom is -0.449 e. The van der Waals surface area contributed by atoms with Gasteiger partial charge < -0.3 is 10.1 Å². The van der Waals surface area contributed by atoms with Gasteiger partial charge in [-0.05, 0) is 43.3 Å². The number of halogens is 4. The van der Waals surface area contributed by atoms with Gasteiger partial charge in [-0.25, -0.2) is 13.6 Å². The molecule has 0 bridgehead atoms. The Morgan fingerprint density at radius 1 is 1.08 bits per heavy atom. The Labute approximate surface area is 150 Å². The van der Waals surface area contributed by atoms with Crippen LogP contribution in [0.4, 0.5) is 23.2 Å². The number of esters is 1. The van der Waals surface area contributed by atoms with Crippen molar-refractivity contribution in [2.75, 3.05) is 5.32 Å². The molecular formula is C17H13F4NO3S.